The molecule has 1 aromatic rings. The van der Waals surface area contributed by atoms with E-state index >= 15 is 0 Å². The van der Waals surface area contributed by atoms with Gasteiger partial charge in [0.25, 0.3) is 0 Å². The Balaban J connectivity index is 2.81. The Morgan fingerprint density at radius 1 is 1.44 bits per heavy atom. The van der Waals surface area contributed by atoms with E-state index < -0.39 is 0 Å². The highest BCUT2D eigenvalue weighted by molar-refractivity contribution is 5.94. The molecule has 0 bridgehead atoms. The Hall–Kier alpha value is -1.55. The minimum atomic E-state index is -0.292. The molecule has 0 aliphatic rings. The maximum Gasteiger partial charge on any atom is 0.228 e. The fourth-order valence-corrected chi connectivity index (χ4v) is 1.25. The van der Waals surface area contributed by atoms with Crippen LogP contribution in [0.2, 0.25) is 0 Å². The molecule has 1 aromatic carbocycles. The topological polar surface area (TPSA) is 75.4 Å². The van der Waals surface area contributed by atoms with Crippen molar-refractivity contribution in [3.63, 3.8) is 0 Å². The summed E-state index contributed by atoms with van der Waals surface area (Å²) in [5.74, 6) is -0.372. The Morgan fingerprint density at radius 2 is 2.06 bits per heavy atom. The first-order valence-electron chi connectivity index (χ1n) is 5.28. The number of carbonyl (C=O) groups is 1. The van der Waals surface area contributed by atoms with Gasteiger partial charge < -0.3 is 16.2 Å². The van der Waals surface area contributed by atoms with Gasteiger partial charge in [-0.25, -0.2) is 0 Å². The van der Waals surface area contributed by atoms with E-state index in [0.717, 1.165) is 5.56 Å². The number of phenols is 1. The van der Waals surface area contributed by atoms with Gasteiger partial charge in [0, 0.05) is 6.04 Å². The number of nitrogens with two attached hydrogens (primary N) is 1. The summed E-state index contributed by atoms with van der Waals surface area (Å²) < 4.78 is 0. The number of nitrogens with one attached hydrogen (secondary N) is 1. The molecule has 2 unspecified atom stereocenters. The number of carbonyl (C=O) groups excluding carboxylic acids is 1. The van der Waals surface area contributed by atoms with Crippen molar-refractivity contribution in [3.05, 3.63) is 23.8 Å². The Kier molecular flexibility index (Phi) is 3.90. The minimum absolute atomic E-state index is 0.104. The van der Waals surface area contributed by atoms with Crippen LogP contribution >= 0.6 is 0 Å². The van der Waals surface area contributed by atoms with Gasteiger partial charge in [0.1, 0.15) is 5.75 Å². The van der Waals surface area contributed by atoms with E-state index in [-0.39, 0.29) is 23.6 Å². The number of hydrogen-bond acceptors (Lipinski definition) is 3. The van der Waals surface area contributed by atoms with Crippen LogP contribution in [-0.2, 0) is 4.79 Å². The summed E-state index contributed by atoms with van der Waals surface area (Å²) in [4.78, 5) is 11.7. The molecule has 2 atom stereocenters. The molecular formula is C12H18N2O2. The lowest BCUT2D eigenvalue weighted by molar-refractivity contribution is -0.119. The lowest BCUT2D eigenvalue weighted by atomic mass is 10.0. The minimum Gasteiger partial charge on any atom is -0.505 e. The average molecular weight is 222 g/mol. The quantitative estimate of drug-likeness (QED) is 0.680. The SMILES string of the molecule is Cc1cccc(NC(=O)C(C)C(C)N)c1O. The lowest BCUT2D eigenvalue weighted by Crippen LogP contribution is -2.34. The van der Waals surface area contributed by atoms with Crippen LogP contribution < -0.4 is 11.1 Å². The van der Waals surface area contributed by atoms with Crippen molar-refractivity contribution in [1.82, 2.24) is 0 Å². The van der Waals surface area contributed by atoms with Crippen LogP contribution in [0.15, 0.2) is 18.2 Å². The summed E-state index contributed by atoms with van der Waals surface area (Å²) in [7, 11) is 0. The van der Waals surface area contributed by atoms with Gasteiger partial charge in [-0.2, -0.15) is 0 Å². The summed E-state index contributed by atoms with van der Waals surface area (Å²) in [6, 6.07) is 5.00. The normalized spacial score (nSPS) is 14.2. The first kappa shape index (κ1) is 12.5. The van der Waals surface area contributed by atoms with E-state index in [9.17, 15) is 9.90 Å². The molecule has 0 heterocycles. The molecule has 0 aromatic heterocycles. The van der Waals surface area contributed by atoms with Crippen molar-refractivity contribution in [1.29, 1.82) is 0 Å². The van der Waals surface area contributed by atoms with Gasteiger partial charge in [-0.3, -0.25) is 4.79 Å². The van der Waals surface area contributed by atoms with Crippen molar-refractivity contribution in [2.24, 2.45) is 11.7 Å². The highest BCUT2D eigenvalue weighted by atomic mass is 16.3. The standard InChI is InChI=1S/C12H18N2O2/c1-7-5-4-6-10(11(7)15)14-12(16)8(2)9(3)13/h4-6,8-9,15H,13H2,1-3H3,(H,14,16). The molecule has 0 aliphatic heterocycles. The molecular weight excluding hydrogens is 204 g/mol. The van der Waals surface area contributed by atoms with Crippen LogP contribution in [0, 0.1) is 12.8 Å². The van der Waals surface area contributed by atoms with Gasteiger partial charge in [0.05, 0.1) is 11.6 Å². The first-order chi connectivity index (χ1) is 7.43. The van der Waals surface area contributed by atoms with E-state index in [1.54, 1.807) is 39.0 Å². The second kappa shape index (κ2) is 4.99. The van der Waals surface area contributed by atoms with E-state index in [0.29, 0.717) is 5.69 Å². The monoisotopic (exact) mass is 222 g/mol. The number of para-hydroxylation sites is 1. The predicted octanol–water partition coefficient (Wildman–Crippen LogP) is 1.62. The van der Waals surface area contributed by atoms with E-state index in [4.69, 9.17) is 5.73 Å². The number of amides is 1. The van der Waals surface area contributed by atoms with Gasteiger partial charge in [0.2, 0.25) is 5.91 Å². The fourth-order valence-electron chi connectivity index (χ4n) is 1.25. The molecule has 0 saturated heterocycles. The number of anilines is 1. The highest BCUT2D eigenvalue weighted by Gasteiger charge is 2.18. The smallest absolute Gasteiger partial charge is 0.228 e. The van der Waals surface area contributed by atoms with Crippen molar-refractivity contribution < 1.29 is 9.90 Å². The molecule has 4 N–H and O–H groups in total. The zero-order valence-corrected chi connectivity index (χ0v) is 9.82. The van der Waals surface area contributed by atoms with Crippen LogP contribution in [0.1, 0.15) is 19.4 Å². The highest BCUT2D eigenvalue weighted by Crippen LogP contribution is 2.26. The number of benzene rings is 1. The van der Waals surface area contributed by atoms with Crippen LogP contribution in [0.4, 0.5) is 5.69 Å². The largest absolute Gasteiger partial charge is 0.505 e. The van der Waals surface area contributed by atoms with Crippen LogP contribution in [0.5, 0.6) is 5.75 Å². The molecule has 0 aliphatic carbocycles. The number of aryl methyl sites for hydroxylation is 1. The summed E-state index contributed by atoms with van der Waals surface area (Å²) >= 11 is 0. The fraction of sp³-hybridized carbons (Fsp3) is 0.417. The van der Waals surface area contributed by atoms with E-state index in [2.05, 4.69) is 5.32 Å². The Morgan fingerprint density at radius 3 is 2.62 bits per heavy atom. The van der Waals surface area contributed by atoms with E-state index in [1.807, 2.05) is 0 Å². The van der Waals surface area contributed by atoms with Gasteiger partial charge in [-0.15, -0.1) is 0 Å². The summed E-state index contributed by atoms with van der Waals surface area (Å²) in [6.45, 7) is 5.31. The third kappa shape index (κ3) is 2.73. The van der Waals surface area contributed by atoms with Gasteiger partial charge in [0.15, 0.2) is 0 Å². The second-order valence-corrected chi connectivity index (χ2v) is 4.11. The zero-order valence-electron chi connectivity index (χ0n) is 9.82. The maximum absolute atomic E-state index is 11.7. The molecule has 0 radical (unpaired) electrons. The maximum atomic E-state index is 11.7. The Labute approximate surface area is 95.5 Å². The molecule has 4 heteroatoms. The molecule has 88 valence electrons. The van der Waals surface area contributed by atoms with E-state index in [1.165, 1.54) is 0 Å². The lowest BCUT2D eigenvalue weighted by Gasteiger charge is -2.16. The number of rotatable bonds is 3. The zero-order chi connectivity index (χ0) is 12.3. The molecule has 1 amide bonds. The summed E-state index contributed by atoms with van der Waals surface area (Å²) in [5, 5.41) is 12.4. The first-order valence-corrected chi connectivity index (χ1v) is 5.28. The molecule has 16 heavy (non-hydrogen) atoms. The van der Waals surface area contributed by atoms with Crippen LogP contribution in [0.25, 0.3) is 0 Å². The second-order valence-electron chi connectivity index (χ2n) is 4.11. The van der Waals surface area contributed by atoms with Crippen molar-refractivity contribution in [2.45, 2.75) is 26.8 Å². The predicted molar refractivity (Wildman–Crippen MR) is 64.3 cm³/mol. The van der Waals surface area contributed by atoms with Crippen molar-refractivity contribution in [3.8, 4) is 5.75 Å². The molecule has 1 rings (SSSR count). The average Bonchev–Trinajstić information content (AvgIpc) is 2.23. The van der Waals surface area contributed by atoms with Crippen LogP contribution in [0.3, 0.4) is 0 Å². The molecule has 0 spiro atoms. The van der Waals surface area contributed by atoms with Crippen molar-refractivity contribution >= 4 is 11.6 Å². The van der Waals surface area contributed by atoms with Gasteiger partial charge in [-0.05, 0) is 25.5 Å². The number of hydrogen-bond donors (Lipinski definition) is 3. The van der Waals surface area contributed by atoms with Gasteiger partial charge >= 0.3 is 0 Å². The molecule has 4 nitrogen and oxygen atoms in total. The summed E-state index contributed by atoms with van der Waals surface area (Å²) in [5.41, 5.74) is 6.79. The van der Waals surface area contributed by atoms with Crippen molar-refractivity contribution in [2.75, 3.05) is 5.32 Å². The third-order valence-electron chi connectivity index (χ3n) is 2.70. The number of phenolic OH excluding ortho intramolecular Hbond substituents is 1. The van der Waals surface area contributed by atoms with Crippen LogP contribution in [-0.4, -0.2) is 17.1 Å². The van der Waals surface area contributed by atoms with Gasteiger partial charge in [-0.1, -0.05) is 19.1 Å². The summed E-state index contributed by atoms with van der Waals surface area (Å²) in [6.07, 6.45) is 0. The molecule has 0 fully saturated rings. The molecule has 0 saturated carbocycles. The Bertz CT molecular complexity index is 389. The number of aromatic hydroxyl groups is 1. The third-order valence-corrected chi connectivity index (χ3v) is 2.70.